The Bertz CT molecular complexity index is 1040. The second kappa shape index (κ2) is 8.62. The van der Waals surface area contributed by atoms with Crippen LogP contribution in [0.2, 0.25) is 0 Å². The number of carbonyl (C=O) groups excluding carboxylic acids is 2. The largest absolute Gasteiger partial charge is 0.492 e. The van der Waals surface area contributed by atoms with Gasteiger partial charge in [-0.2, -0.15) is 13.2 Å². The third kappa shape index (κ3) is 4.65. The highest BCUT2D eigenvalue weighted by atomic mass is 32.2. The summed E-state index contributed by atoms with van der Waals surface area (Å²) in [5, 5.41) is 7.85. The molecule has 0 radical (unpaired) electrons. The minimum atomic E-state index is -4.74. The molecular weight excluding hydrogens is 423 g/mol. The molecule has 6 nitrogen and oxygen atoms in total. The molecule has 1 aliphatic heterocycles. The zero-order valence-electron chi connectivity index (χ0n) is 15.2. The second-order valence-corrected chi connectivity index (χ2v) is 7.06. The molecule has 30 heavy (non-hydrogen) atoms. The van der Waals surface area contributed by atoms with E-state index in [1.54, 1.807) is 24.3 Å². The molecular formula is C20H14F3NO5S. The van der Waals surface area contributed by atoms with Gasteiger partial charge in [0.05, 0.1) is 29.2 Å². The van der Waals surface area contributed by atoms with Crippen LogP contribution in [0.3, 0.4) is 0 Å². The molecule has 10 heteroatoms. The smallest absolute Gasteiger partial charge is 0.418 e. The number of benzene rings is 2. The Labute approximate surface area is 172 Å². The van der Waals surface area contributed by atoms with Crippen molar-refractivity contribution in [1.82, 2.24) is 0 Å². The van der Waals surface area contributed by atoms with E-state index in [0.717, 1.165) is 12.1 Å². The summed E-state index contributed by atoms with van der Waals surface area (Å²) in [6.45, 7) is -0.110. The minimum Gasteiger partial charge on any atom is -0.492 e. The number of para-hydroxylation sites is 2. The molecule has 0 atom stereocenters. The number of nitrogens with zero attached hydrogens (tertiary/aromatic N) is 1. The van der Waals surface area contributed by atoms with Gasteiger partial charge in [0.1, 0.15) is 5.75 Å². The summed E-state index contributed by atoms with van der Waals surface area (Å²) >= 11 is 0.510. The molecule has 1 heterocycles. The Morgan fingerprint density at radius 1 is 1.10 bits per heavy atom. The van der Waals surface area contributed by atoms with Gasteiger partial charge in [-0.05, 0) is 36.0 Å². The second-order valence-electron chi connectivity index (χ2n) is 6.06. The molecule has 156 valence electrons. The van der Waals surface area contributed by atoms with Gasteiger partial charge in [-0.1, -0.05) is 30.3 Å². The lowest BCUT2D eigenvalue weighted by atomic mass is 10.1. The fraction of sp³-hybridized carbons (Fsp3) is 0.150. The molecule has 0 spiro atoms. The van der Waals surface area contributed by atoms with Gasteiger partial charge in [-0.25, -0.2) is 4.90 Å². The molecule has 1 N–H and O–H groups in total. The first-order valence-electron chi connectivity index (χ1n) is 8.56. The number of hydrogen-bond acceptors (Lipinski definition) is 5. The first-order valence-corrected chi connectivity index (χ1v) is 9.38. The average Bonchev–Trinajstić information content (AvgIpc) is 2.95. The number of carbonyl (C=O) groups is 3. The highest BCUT2D eigenvalue weighted by Gasteiger charge is 2.42. The number of aliphatic carboxylic acids is 1. The van der Waals surface area contributed by atoms with Gasteiger partial charge in [0.25, 0.3) is 11.1 Å². The van der Waals surface area contributed by atoms with Crippen molar-refractivity contribution < 1.29 is 37.4 Å². The highest BCUT2D eigenvalue weighted by Crippen LogP contribution is 2.42. The van der Waals surface area contributed by atoms with Gasteiger partial charge in [0.15, 0.2) is 0 Å². The lowest BCUT2D eigenvalue weighted by Gasteiger charge is -2.18. The summed E-state index contributed by atoms with van der Waals surface area (Å²) in [4.78, 5) is 36.2. The van der Waals surface area contributed by atoms with Crippen molar-refractivity contribution in [3.05, 3.63) is 64.6 Å². The number of thioether (sulfide) groups is 1. The summed E-state index contributed by atoms with van der Waals surface area (Å²) in [6.07, 6.45) is -3.64. The monoisotopic (exact) mass is 437 g/mol. The first kappa shape index (κ1) is 21.4. The van der Waals surface area contributed by atoms with Crippen molar-refractivity contribution in [2.75, 3.05) is 11.5 Å². The lowest BCUT2D eigenvalue weighted by molar-refractivity contribution is -0.138. The van der Waals surface area contributed by atoms with Crippen LogP contribution in [0.15, 0.2) is 53.4 Å². The van der Waals surface area contributed by atoms with Crippen LogP contribution in [0.4, 0.5) is 23.7 Å². The van der Waals surface area contributed by atoms with Crippen LogP contribution in [0.5, 0.6) is 5.75 Å². The molecule has 0 aromatic heterocycles. The van der Waals surface area contributed by atoms with Crippen molar-refractivity contribution >= 4 is 40.6 Å². The Kier molecular flexibility index (Phi) is 6.16. The number of rotatable bonds is 6. The van der Waals surface area contributed by atoms with Crippen LogP contribution < -0.4 is 9.64 Å². The van der Waals surface area contributed by atoms with Gasteiger partial charge < -0.3 is 9.84 Å². The molecule has 2 aromatic carbocycles. The number of imide groups is 1. The van der Waals surface area contributed by atoms with Gasteiger partial charge >= 0.3 is 12.1 Å². The third-order valence-corrected chi connectivity index (χ3v) is 4.89. The number of halogens is 3. The molecule has 0 saturated carbocycles. The predicted octanol–water partition coefficient (Wildman–Crippen LogP) is 4.80. The highest BCUT2D eigenvalue weighted by molar-refractivity contribution is 8.19. The third-order valence-electron chi connectivity index (χ3n) is 4.02. The van der Waals surface area contributed by atoms with Crippen LogP contribution in [-0.2, 0) is 15.8 Å². The molecule has 0 unspecified atom stereocenters. The molecule has 0 bridgehead atoms. The summed E-state index contributed by atoms with van der Waals surface area (Å²) in [5.41, 5.74) is -1.25. The average molecular weight is 437 g/mol. The van der Waals surface area contributed by atoms with Crippen molar-refractivity contribution in [2.45, 2.75) is 12.6 Å². The van der Waals surface area contributed by atoms with E-state index in [1.807, 2.05) is 0 Å². The number of carboxylic acid groups (broad SMARTS) is 1. The van der Waals surface area contributed by atoms with Crippen molar-refractivity contribution in [3.8, 4) is 5.75 Å². The maximum Gasteiger partial charge on any atom is 0.418 e. The molecule has 2 amide bonds. The van der Waals surface area contributed by atoms with Crippen molar-refractivity contribution in [1.29, 1.82) is 0 Å². The van der Waals surface area contributed by atoms with Crippen LogP contribution in [-0.4, -0.2) is 28.8 Å². The molecule has 2 aromatic rings. The van der Waals surface area contributed by atoms with Crippen molar-refractivity contribution in [3.63, 3.8) is 0 Å². The lowest BCUT2D eigenvalue weighted by Crippen LogP contribution is -2.30. The SMILES string of the molecule is O=C(O)CCOc1ccccc1/C=C1/SC(=O)N(c2ccccc2C(F)(F)F)C1=O. The Morgan fingerprint density at radius 2 is 1.77 bits per heavy atom. The van der Waals surface area contributed by atoms with E-state index >= 15 is 0 Å². The fourth-order valence-corrected chi connectivity index (χ4v) is 3.53. The molecule has 1 aliphatic rings. The van der Waals surface area contributed by atoms with Gasteiger partial charge in [0, 0.05) is 5.56 Å². The van der Waals surface area contributed by atoms with Crippen molar-refractivity contribution in [2.24, 2.45) is 0 Å². The standard InChI is InChI=1S/C20H14F3NO5S/c21-20(22,23)13-6-2-3-7-14(13)24-18(27)16(30-19(24)28)11-12-5-1-4-8-15(12)29-10-9-17(25)26/h1-8,11H,9-10H2,(H,25,26)/b16-11+. The zero-order chi connectivity index (χ0) is 21.9. The van der Waals surface area contributed by atoms with E-state index in [2.05, 4.69) is 0 Å². The van der Waals surface area contributed by atoms with E-state index in [1.165, 1.54) is 18.2 Å². The Morgan fingerprint density at radius 3 is 2.47 bits per heavy atom. The Balaban J connectivity index is 1.92. The van der Waals surface area contributed by atoms with Crippen LogP contribution in [0.1, 0.15) is 17.5 Å². The quantitative estimate of drug-likeness (QED) is 0.654. The number of anilines is 1. The summed E-state index contributed by atoms with van der Waals surface area (Å²) in [5.74, 6) is -1.65. The number of hydrogen-bond donors (Lipinski definition) is 1. The molecule has 3 rings (SSSR count). The summed E-state index contributed by atoms with van der Waals surface area (Å²) in [7, 11) is 0. The van der Waals surface area contributed by atoms with E-state index in [-0.39, 0.29) is 23.7 Å². The van der Waals surface area contributed by atoms with E-state index in [4.69, 9.17) is 9.84 Å². The molecule has 1 fully saturated rings. The van der Waals surface area contributed by atoms with Crippen LogP contribution in [0.25, 0.3) is 6.08 Å². The zero-order valence-corrected chi connectivity index (χ0v) is 16.0. The van der Waals surface area contributed by atoms with E-state index < -0.39 is 34.5 Å². The van der Waals surface area contributed by atoms with E-state index in [0.29, 0.717) is 22.2 Å². The number of carboxylic acids is 1. The maximum absolute atomic E-state index is 13.3. The topological polar surface area (TPSA) is 83.9 Å². The van der Waals surface area contributed by atoms with Gasteiger partial charge in [-0.3, -0.25) is 14.4 Å². The normalized spacial score (nSPS) is 15.7. The van der Waals surface area contributed by atoms with Gasteiger partial charge in [-0.15, -0.1) is 0 Å². The number of alkyl halides is 3. The molecule has 1 saturated heterocycles. The fourth-order valence-electron chi connectivity index (χ4n) is 2.70. The predicted molar refractivity (Wildman–Crippen MR) is 104 cm³/mol. The number of ether oxygens (including phenoxy) is 1. The number of amides is 2. The minimum absolute atomic E-state index is 0.0775. The Hall–Kier alpha value is -3.27. The summed E-state index contributed by atoms with van der Waals surface area (Å²) < 4.78 is 45.3. The van der Waals surface area contributed by atoms with E-state index in [9.17, 15) is 27.6 Å². The maximum atomic E-state index is 13.3. The van der Waals surface area contributed by atoms with Gasteiger partial charge in [0.2, 0.25) is 0 Å². The van der Waals surface area contributed by atoms with Crippen LogP contribution in [0, 0.1) is 0 Å². The summed E-state index contributed by atoms with van der Waals surface area (Å²) in [6, 6.07) is 10.7. The van der Waals surface area contributed by atoms with Crippen LogP contribution >= 0.6 is 11.8 Å². The molecule has 0 aliphatic carbocycles. The first-order chi connectivity index (χ1) is 14.2.